The van der Waals surface area contributed by atoms with E-state index in [1.54, 1.807) is 13.0 Å². The minimum atomic E-state index is -0.835. The molecular weight excluding hydrogens is 251 g/mol. The van der Waals surface area contributed by atoms with Crippen LogP contribution in [0.5, 0.6) is 0 Å². The van der Waals surface area contributed by atoms with Crippen LogP contribution in [0.15, 0.2) is 36.4 Å². The molecule has 0 aliphatic carbocycles. The lowest BCUT2D eigenvalue weighted by Crippen LogP contribution is -2.03. The van der Waals surface area contributed by atoms with E-state index in [1.165, 1.54) is 6.07 Å². The van der Waals surface area contributed by atoms with E-state index in [9.17, 15) is 9.50 Å². The van der Waals surface area contributed by atoms with Crippen molar-refractivity contribution in [3.8, 4) is 0 Å². The molecule has 2 rings (SSSR count). The Morgan fingerprint density at radius 2 is 1.72 bits per heavy atom. The maximum absolute atomic E-state index is 13.3. The van der Waals surface area contributed by atoms with Gasteiger partial charge in [0.05, 0.1) is 0 Å². The average molecular weight is 265 g/mol. The molecule has 0 aliphatic heterocycles. The molecule has 94 valence electrons. The van der Waals surface area contributed by atoms with Crippen molar-refractivity contribution in [2.24, 2.45) is 0 Å². The van der Waals surface area contributed by atoms with Crippen LogP contribution < -0.4 is 0 Å². The fourth-order valence-corrected chi connectivity index (χ4v) is 2.20. The molecule has 0 aromatic heterocycles. The van der Waals surface area contributed by atoms with Gasteiger partial charge in [0.2, 0.25) is 0 Å². The number of aryl methyl sites for hydroxylation is 2. The molecule has 1 atom stereocenters. The Morgan fingerprint density at radius 1 is 1.06 bits per heavy atom. The number of hydrogen-bond acceptors (Lipinski definition) is 1. The maximum atomic E-state index is 13.3. The first-order valence-corrected chi connectivity index (χ1v) is 6.07. The quantitative estimate of drug-likeness (QED) is 0.863. The first kappa shape index (κ1) is 13.1. The molecule has 0 radical (unpaired) electrons. The smallest absolute Gasteiger partial charge is 0.127 e. The number of halogens is 2. The van der Waals surface area contributed by atoms with E-state index in [0.29, 0.717) is 11.1 Å². The summed E-state index contributed by atoms with van der Waals surface area (Å²) in [5.74, 6) is -0.360. The minimum absolute atomic E-state index is 0.244. The molecule has 2 aromatic carbocycles. The number of rotatable bonds is 2. The van der Waals surface area contributed by atoms with Gasteiger partial charge in [0.1, 0.15) is 11.9 Å². The van der Waals surface area contributed by atoms with Crippen LogP contribution in [0.3, 0.4) is 0 Å². The van der Waals surface area contributed by atoms with Crippen LogP contribution >= 0.6 is 11.6 Å². The van der Waals surface area contributed by atoms with Crippen molar-refractivity contribution in [3.05, 3.63) is 69.5 Å². The predicted octanol–water partition coefficient (Wildman–Crippen LogP) is 4.18. The fraction of sp³-hybridized carbons (Fsp3) is 0.200. The zero-order valence-electron chi connectivity index (χ0n) is 10.2. The van der Waals surface area contributed by atoms with Crippen LogP contribution in [-0.2, 0) is 0 Å². The summed E-state index contributed by atoms with van der Waals surface area (Å²) < 4.78 is 13.3. The molecule has 0 saturated carbocycles. The van der Waals surface area contributed by atoms with E-state index < -0.39 is 6.10 Å². The largest absolute Gasteiger partial charge is 0.384 e. The number of aliphatic hydroxyl groups is 1. The van der Waals surface area contributed by atoms with E-state index in [1.807, 2.05) is 31.2 Å². The SMILES string of the molecule is Cc1cc(C(O)c2ccccc2C)c(Cl)cc1F. The highest BCUT2D eigenvalue weighted by Gasteiger charge is 2.17. The van der Waals surface area contributed by atoms with Gasteiger partial charge in [-0.3, -0.25) is 0 Å². The van der Waals surface area contributed by atoms with Gasteiger partial charge in [0, 0.05) is 10.6 Å². The Bertz CT molecular complexity index is 581. The van der Waals surface area contributed by atoms with Crippen molar-refractivity contribution < 1.29 is 9.50 Å². The van der Waals surface area contributed by atoms with Crippen LogP contribution in [-0.4, -0.2) is 5.11 Å². The third-order valence-electron chi connectivity index (χ3n) is 3.06. The van der Waals surface area contributed by atoms with E-state index >= 15 is 0 Å². The van der Waals surface area contributed by atoms with Crippen LogP contribution in [0, 0.1) is 19.7 Å². The second-order valence-corrected chi connectivity index (χ2v) is 4.79. The molecule has 1 unspecified atom stereocenters. The van der Waals surface area contributed by atoms with E-state index in [2.05, 4.69) is 0 Å². The summed E-state index contributed by atoms with van der Waals surface area (Å²) in [4.78, 5) is 0. The molecular formula is C15H14ClFO. The molecule has 0 bridgehead atoms. The van der Waals surface area contributed by atoms with Gasteiger partial charge < -0.3 is 5.11 Å². The Hall–Kier alpha value is -1.38. The molecule has 0 fully saturated rings. The number of hydrogen-bond donors (Lipinski definition) is 1. The van der Waals surface area contributed by atoms with Gasteiger partial charge in [-0.15, -0.1) is 0 Å². The number of benzene rings is 2. The molecule has 0 aliphatic rings. The second-order valence-electron chi connectivity index (χ2n) is 4.38. The van der Waals surface area contributed by atoms with Crippen LogP contribution in [0.4, 0.5) is 4.39 Å². The van der Waals surface area contributed by atoms with Crippen molar-refractivity contribution in [2.75, 3.05) is 0 Å². The minimum Gasteiger partial charge on any atom is -0.384 e. The van der Waals surface area contributed by atoms with Gasteiger partial charge in [0.15, 0.2) is 0 Å². The van der Waals surface area contributed by atoms with E-state index in [-0.39, 0.29) is 10.8 Å². The monoisotopic (exact) mass is 264 g/mol. The molecule has 0 spiro atoms. The summed E-state index contributed by atoms with van der Waals surface area (Å²) in [7, 11) is 0. The fourth-order valence-electron chi connectivity index (χ4n) is 1.95. The average Bonchev–Trinajstić information content (AvgIpc) is 2.33. The summed E-state index contributed by atoms with van der Waals surface area (Å²) >= 11 is 6.00. The maximum Gasteiger partial charge on any atom is 0.127 e. The van der Waals surface area contributed by atoms with Gasteiger partial charge in [-0.2, -0.15) is 0 Å². The zero-order valence-corrected chi connectivity index (χ0v) is 11.0. The summed E-state index contributed by atoms with van der Waals surface area (Å²) in [5.41, 5.74) is 2.76. The van der Waals surface area contributed by atoms with E-state index in [0.717, 1.165) is 11.1 Å². The molecule has 3 heteroatoms. The Morgan fingerprint density at radius 3 is 2.39 bits per heavy atom. The highest BCUT2D eigenvalue weighted by atomic mass is 35.5. The molecule has 0 heterocycles. The van der Waals surface area contributed by atoms with Gasteiger partial charge >= 0.3 is 0 Å². The van der Waals surface area contributed by atoms with Crippen molar-refractivity contribution in [1.82, 2.24) is 0 Å². The third-order valence-corrected chi connectivity index (χ3v) is 3.38. The number of aliphatic hydroxyl groups excluding tert-OH is 1. The predicted molar refractivity (Wildman–Crippen MR) is 71.4 cm³/mol. The molecule has 18 heavy (non-hydrogen) atoms. The van der Waals surface area contributed by atoms with Gasteiger partial charge in [-0.05, 0) is 42.7 Å². The van der Waals surface area contributed by atoms with Crippen molar-refractivity contribution in [3.63, 3.8) is 0 Å². The first-order chi connectivity index (χ1) is 8.50. The molecule has 1 nitrogen and oxygen atoms in total. The highest BCUT2D eigenvalue weighted by molar-refractivity contribution is 6.31. The third kappa shape index (κ3) is 2.40. The van der Waals surface area contributed by atoms with E-state index in [4.69, 9.17) is 11.6 Å². The van der Waals surface area contributed by atoms with Crippen molar-refractivity contribution in [1.29, 1.82) is 0 Å². The van der Waals surface area contributed by atoms with Gasteiger partial charge in [0.25, 0.3) is 0 Å². The summed E-state index contributed by atoms with van der Waals surface area (Å²) in [6.07, 6.45) is -0.835. The molecule has 0 saturated heterocycles. The molecule has 0 amide bonds. The lowest BCUT2D eigenvalue weighted by molar-refractivity contribution is 0.219. The highest BCUT2D eigenvalue weighted by Crippen LogP contribution is 2.31. The van der Waals surface area contributed by atoms with Crippen molar-refractivity contribution >= 4 is 11.6 Å². The van der Waals surface area contributed by atoms with Crippen LogP contribution in [0.2, 0.25) is 5.02 Å². The summed E-state index contributed by atoms with van der Waals surface area (Å²) in [6.45, 7) is 3.57. The van der Waals surface area contributed by atoms with Gasteiger partial charge in [-0.1, -0.05) is 35.9 Å². The summed E-state index contributed by atoms with van der Waals surface area (Å²) in [6, 6.07) is 10.4. The lowest BCUT2D eigenvalue weighted by atomic mass is 9.96. The lowest BCUT2D eigenvalue weighted by Gasteiger charge is -2.16. The summed E-state index contributed by atoms with van der Waals surface area (Å²) in [5, 5.41) is 10.6. The first-order valence-electron chi connectivity index (χ1n) is 5.70. The molecule has 2 aromatic rings. The van der Waals surface area contributed by atoms with Crippen LogP contribution in [0.1, 0.15) is 28.4 Å². The Labute approximate surface area is 111 Å². The zero-order chi connectivity index (χ0) is 13.3. The Balaban J connectivity index is 2.50. The normalized spacial score (nSPS) is 12.5. The standard InChI is InChI=1S/C15H14ClFO/c1-9-5-3-4-6-11(9)15(18)12-7-10(2)14(17)8-13(12)16/h3-8,15,18H,1-2H3. The second kappa shape index (κ2) is 5.09. The van der Waals surface area contributed by atoms with Crippen molar-refractivity contribution in [2.45, 2.75) is 20.0 Å². The van der Waals surface area contributed by atoms with Gasteiger partial charge in [-0.25, -0.2) is 4.39 Å². The topological polar surface area (TPSA) is 20.2 Å². The van der Waals surface area contributed by atoms with Crippen LogP contribution in [0.25, 0.3) is 0 Å². The molecule has 1 N–H and O–H groups in total. The Kier molecular flexibility index (Phi) is 3.69.